The molecule has 6 heterocycles. The Morgan fingerprint density at radius 3 is 1.30 bits per heavy atom. The first-order chi connectivity index (χ1) is 30.5. The van der Waals surface area contributed by atoms with Gasteiger partial charge in [-0.1, -0.05) is 33.6 Å². The number of hydrogen-bond acceptors (Lipinski definition) is 15. The SMILES string of the molecule is O=S([C@@]1(c2cncc(Cl)c2)O[C@H](CO)[C@H](O)[C@H](n2cc(-c3cc(F)c(F)c(F)c3)nn2)[C@H]1O)[C@@]1(c2cncc(Cl)c2)O[C@H](CO)[C@H](O)[C@H](n2cc(-c3cc(F)c(F)c(F)c3)nn2)[C@H]1O. The number of hydrogen-bond donors (Lipinski definition) is 6. The van der Waals surface area contributed by atoms with Gasteiger partial charge in [0.2, 0.25) is 9.87 Å². The third-order valence-electron chi connectivity index (χ3n) is 10.9. The van der Waals surface area contributed by atoms with Crippen LogP contribution in [0.5, 0.6) is 0 Å². The summed E-state index contributed by atoms with van der Waals surface area (Å²) in [6.07, 6.45) is -6.27. The summed E-state index contributed by atoms with van der Waals surface area (Å²) in [6.45, 7) is -2.18. The van der Waals surface area contributed by atoms with Gasteiger partial charge in [-0.05, 0) is 36.4 Å². The highest BCUT2D eigenvalue weighted by Gasteiger charge is 2.69. The maximum atomic E-state index is 16.3. The van der Waals surface area contributed by atoms with E-state index in [4.69, 9.17) is 32.7 Å². The van der Waals surface area contributed by atoms with Crippen molar-refractivity contribution >= 4 is 34.0 Å². The van der Waals surface area contributed by atoms with E-state index >= 15 is 4.21 Å². The Balaban J connectivity index is 1.34. The number of benzene rings is 2. The molecule has 10 atom stereocenters. The van der Waals surface area contributed by atoms with Crippen LogP contribution in [0, 0.1) is 34.9 Å². The van der Waals surface area contributed by atoms with E-state index in [1.807, 2.05) is 0 Å². The Hall–Kier alpha value is -4.99. The fourth-order valence-electron chi connectivity index (χ4n) is 7.83. The zero-order valence-electron chi connectivity index (χ0n) is 31.9. The van der Waals surface area contributed by atoms with Crippen LogP contribution >= 0.6 is 23.2 Å². The van der Waals surface area contributed by atoms with Crippen molar-refractivity contribution in [1.82, 2.24) is 40.0 Å². The molecule has 338 valence electrons. The summed E-state index contributed by atoms with van der Waals surface area (Å²) in [4.78, 5) is 2.22. The van der Waals surface area contributed by atoms with Gasteiger partial charge in [0.05, 0.1) is 35.7 Å². The van der Waals surface area contributed by atoms with Gasteiger partial charge in [-0.2, -0.15) is 0 Å². The number of pyridine rings is 2. The predicted octanol–water partition coefficient (Wildman–Crippen LogP) is 2.60. The largest absolute Gasteiger partial charge is 0.394 e. The van der Waals surface area contributed by atoms with Crippen molar-refractivity contribution in [1.29, 1.82) is 0 Å². The lowest BCUT2D eigenvalue weighted by atomic mass is 9.88. The van der Waals surface area contributed by atoms with Gasteiger partial charge in [0, 0.05) is 47.0 Å². The maximum Gasteiger partial charge on any atom is 0.201 e. The first kappa shape index (κ1) is 45.6. The van der Waals surface area contributed by atoms with Crippen molar-refractivity contribution in [3.8, 4) is 22.5 Å². The number of rotatable bonds is 10. The molecule has 0 radical (unpaired) electrons. The van der Waals surface area contributed by atoms with Crippen molar-refractivity contribution in [2.45, 2.75) is 58.6 Å². The summed E-state index contributed by atoms with van der Waals surface area (Å²) in [7, 11) is -3.32. The molecule has 64 heavy (non-hydrogen) atoms. The number of aliphatic hydroxyl groups excluding tert-OH is 6. The minimum absolute atomic E-state index is 0.162. The van der Waals surface area contributed by atoms with Crippen LogP contribution in [-0.4, -0.2) is 125 Å². The normalized spacial score (nSPS) is 28.5. The minimum atomic E-state index is -3.32. The van der Waals surface area contributed by atoms with Crippen LogP contribution in [0.2, 0.25) is 10.0 Å². The summed E-state index contributed by atoms with van der Waals surface area (Å²) in [5, 5.41) is 85.5. The average molecular weight is 960 g/mol. The fourth-order valence-corrected chi connectivity index (χ4v) is 10.4. The van der Waals surface area contributed by atoms with Gasteiger partial charge in [-0.25, -0.2) is 35.7 Å². The standard InChI is InChI=1S/C38H30Cl2F6N8O9S/c39-19-5-17(7-47-9-19)37(35(59)31(33(57)27(13-55)62-37)53-11-25(49-51-53)15-1-21(41)29(45)22(42)2-15)64(61)38(18-6-20(40)10-48-8-18)36(60)32(34(58)28(14-56)63-38)54-12-26(50-52-54)16-3-23(43)30(46)24(44)4-16/h1-12,27-28,31-36,55-60H,13-14H2/t27-,28-,31+,32+,33+,34+,35-,36-,37-,38-/m1/s1. The van der Waals surface area contributed by atoms with Gasteiger partial charge in [0.1, 0.15) is 70.9 Å². The Bertz CT molecular complexity index is 2540. The third-order valence-corrected chi connectivity index (χ3v) is 13.5. The van der Waals surface area contributed by atoms with Gasteiger partial charge in [0.25, 0.3) is 0 Å². The van der Waals surface area contributed by atoms with Crippen LogP contribution in [0.3, 0.4) is 0 Å². The Morgan fingerprint density at radius 1 is 0.609 bits per heavy atom. The van der Waals surface area contributed by atoms with Crippen molar-refractivity contribution in [3.63, 3.8) is 0 Å². The molecule has 2 fully saturated rings. The van der Waals surface area contributed by atoms with Gasteiger partial charge >= 0.3 is 0 Å². The third kappa shape index (κ3) is 7.44. The smallest absolute Gasteiger partial charge is 0.201 e. The molecule has 4 aromatic heterocycles. The van der Waals surface area contributed by atoms with E-state index in [0.717, 1.165) is 58.7 Å². The van der Waals surface area contributed by atoms with E-state index in [2.05, 4.69) is 30.6 Å². The fraction of sp³-hybridized carbons (Fsp3) is 0.316. The first-order valence-electron chi connectivity index (χ1n) is 18.5. The van der Waals surface area contributed by atoms with E-state index in [1.165, 1.54) is 0 Å². The second-order valence-electron chi connectivity index (χ2n) is 14.6. The number of halogens is 8. The quantitative estimate of drug-likeness (QED) is 0.0854. The van der Waals surface area contributed by atoms with E-state index in [-0.39, 0.29) is 43.7 Å². The molecule has 0 unspecified atom stereocenters. The van der Waals surface area contributed by atoms with Gasteiger partial charge in [-0.15, -0.1) is 10.2 Å². The highest BCUT2D eigenvalue weighted by Crippen LogP contribution is 2.55. The zero-order valence-corrected chi connectivity index (χ0v) is 34.2. The Kier molecular flexibility index (Phi) is 12.4. The molecular weight excluding hydrogens is 929 g/mol. The summed E-state index contributed by atoms with van der Waals surface area (Å²) in [6, 6.07) is 0.799. The minimum Gasteiger partial charge on any atom is -0.394 e. The van der Waals surface area contributed by atoms with E-state index in [0.29, 0.717) is 24.3 Å². The zero-order chi connectivity index (χ0) is 46.0. The predicted molar refractivity (Wildman–Crippen MR) is 207 cm³/mol. The van der Waals surface area contributed by atoms with Gasteiger partial charge in [-0.3, -0.25) is 14.2 Å². The monoisotopic (exact) mass is 958 g/mol. The molecule has 8 rings (SSSR count). The highest BCUT2D eigenvalue weighted by atomic mass is 35.5. The molecule has 0 aliphatic carbocycles. The lowest BCUT2D eigenvalue weighted by molar-refractivity contribution is -0.243. The van der Waals surface area contributed by atoms with E-state index in [1.54, 1.807) is 0 Å². The first-order valence-corrected chi connectivity index (χ1v) is 20.4. The van der Waals surface area contributed by atoms with Crippen LogP contribution in [-0.2, 0) is 30.1 Å². The van der Waals surface area contributed by atoms with Crippen molar-refractivity contribution < 1.29 is 70.7 Å². The number of aromatic nitrogens is 8. The van der Waals surface area contributed by atoms with Crippen LogP contribution in [0.25, 0.3) is 22.5 Å². The molecule has 2 aliphatic heterocycles. The molecule has 0 bridgehead atoms. The van der Waals surface area contributed by atoms with Crippen molar-refractivity contribution in [2.75, 3.05) is 13.2 Å². The highest BCUT2D eigenvalue weighted by molar-refractivity contribution is 7.86. The molecule has 0 amide bonds. The summed E-state index contributed by atoms with van der Waals surface area (Å²) < 4.78 is 115. The van der Waals surface area contributed by atoms with E-state index < -0.39 is 117 Å². The summed E-state index contributed by atoms with van der Waals surface area (Å²) in [5.41, 5.74) is -2.09. The lowest BCUT2D eigenvalue weighted by Gasteiger charge is -2.55. The average Bonchev–Trinajstić information content (AvgIpc) is 3.96. The maximum absolute atomic E-state index is 16.3. The molecule has 2 saturated heterocycles. The number of aliphatic hydroxyl groups is 6. The molecule has 26 heteroatoms. The van der Waals surface area contributed by atoms with Gasteiger partial charge < -0.3 is 40.1 Å². The second-order valence-corrected chi connectivity index (χ2v) is 17.2. The second kappa shape index (κ2) is 17.4. The topological polar surface area (TPSA) is 244 Å². The molecule has 6 N–H and O–H groups in total. The van der Waals surface area contributed by atoms with Crippen LogP contribution in [0.15, 0.2) is 73.6 Å². The lowest BCUT2D eigenvalue weighted by Crippen LogP contribution is -2.70. The molecule has 6 aromatic rings. The molecule has 2 aliphatic rings. The van der Waals surface area contributed by atoms with Crippen molar-refractivity contribution in [2.24, 2.45) is 0 Å². The van der Waals surface area contributed by atoms with Gasteiger partial charge in [0.15, 0.2) is 34.9 Å². The molecule has 2 aromatic carbocycles. The Morgan fingerprint density at radius 2 is 0.969 bits per heavy atom. The summed E-state index contributed by atoms with van der Waals surface area (Å²) in [5.74, 6) is -9.91. The molecule has 17 nitrogen and oxygen atoms in total. The molecule has 0 spiro atoms. The van der Waals surface area contributed by atoms with Crippen LogP contribution in [0.1, 0.15) is 23.2 Å². The van der Waals surface area contributed by atoms with E-state index in [9.17, 15) is 57.0 Å². The van der Waals surface area contributed by atoms with Crippen molar-refractivity contribution in [3.05, 3.63) is 130 Å². The van der Waals surface area contributed by atoms with Crippen LogP contribution < -0.4 is 0 Å². The molecular formula is C38H30Cl2F6N8O9S. The summed E-state index contributed by atoms with van der Waals surface area (Å²) >= 11 is 12.8. The molecule has 0 saturated carbocycles. The Labute approximate surface area is 367 Å². The van der Waals surface area contributed by atoms with Crippen LogP contribution in [0.4, 0.5) is 26.3 Å². The number of nitrogens with zero attached hydrogens (tertiary/aromatic N) is 8. The number of ether oxygens (including phenoxy) is 2.